The molecule has 120 valence electrons. The van der Waals surface area contributed by atoms with Gasteiger partial charge in [-0.25, -0.2) is 0 Å². The first-order valence-electron chi connectivity index (χ1n) is 7.41. The number of piperazine rings is 1. The molecule has 1 aliphatic rings. The van der Waals surface area contributed by atoms with Crippen molar-refractivity contribution in [1.29, 1.82) is 0 Å². The molecule has 0 radical (unpaired) electrons. The molecule has 6 heteroatoms. The number of rotatable bonds is 3. The van der Waals surface area contributed by atoms with Crippen molar-refractivity contribution in [3.8, 4) is 5.75 Å². The van der Waals surface area contributed by atoms with Crippen LogP contribution in [0.3, 0.4) is 0 Å². The highest BCUT2D eigenvalue weighted by Crippen LogP contribution is 2.29. The molecule has 0 saturated carbocycles. The summed E-state index contributed by atoms with van der Waals surface area (Å²) in [4.78, 5) is 27.5. The lowest BCUT2D eigenvalue weighted by Gasteiger charge is -2.34. The van der Waals surface area contributed by atoms with Crippen LogP contribution >= 0.6 is 11.6 Å². The van der Waals surface area contributed by atoms with Crippen LogP contribution in [-0.4, -0.2) is 54.4 Å². The number of hydrogen-bond donors (Lipinski definition) is 0. The minimum absolute atomic E-state index is 0.0485. The van der Waals surface area contributed by atoms with Gasteiger partial charge in [-0.15, -0.1) is 0 Å². The molecule has 2 rings (SSSR count). The van der Waals surface area contributed by atoms with E-state index in [9.17, 15) is 9.59 Å². The second-order valence-electron chi connectivity index (χ2n) is 5.33. The lowest BCUT2D eigenvalue weighted by molar-refractivity contribution is -0.130. The third-order valence-corrected chi connectivity index (χ3v) is 4.12. The van der Waals surface area contributed by atoms with Crippen LogP contribution in [0.1, 0.15) is 29.8 Å². The monoisotopic (exact) mass is 324 g/mol. The van der Waals surface area contributed by atoms with Crippen molar-refractivity contribution in [3.63, 3.8) is 0 Å². The molecule has 0 bridgehead atoms. The van der Waals surface area contributed by atoms with E-state index in [1.165, 1.54) is 0 Å². The van der Waals surface area contributed by atoms with Gasteiger partial charge in [0.25, 0.3) is 5.91 Å². The predicted molar refractivity (Wildman–Crippen MR) is 85.5 cm³/mol. The number of aryl methyl sites for hydroxylation is 1. The zero-order chi connectivity index (χ0) is 16.3. The Morgan fingerprint density at radius 1 is 1.18 bits per heavy atom. The Morgan fingerprint density at radius 3 is 2.32 bits per heavy atom. The lowest BCUT2D eigenvalue weighted by Crippen LogP contribution is -2.50. The Hall–Kier alpha value is -1.75. The van der Waals surface area contributed by atoms with Crippen molar-refractivity contribution < 1.29 is 14.3 Å². The summed E-state index contributed by atoms with van der Waals surface area (Å²) in [5, 5.41) is 0.443. The molecule has 1 saturated heterocycles. The number of hydrogen-bond acceptors (Lipinski definition) is 3. The summed E-state index contributed by atoms with van der Waals surface area (Å²) in [5.41, 5.74) is 1.43. The molecule has 1 aliphatic heterocycles. The maximum absolute atomic E-state index is 12.6. The molecule has 0 spiro atoms. The number of amides is 2. The van der Waals surface area contributed by atoms with Crippen molar-refractivity contribution in [3.05, 3.63) is 28.3 Å². The van der Waals surface area contributed by atoms with Crippen molar-refractivity contribution in [2.45, 2.75) is 20.8 Å². The van der Waals surface area contributed by atoms with Gasteiger partial charge in [0, 0.05) is 38.7 Å². The smallest absolute Gasteiger partial charge is 0.254 e. The third kappa shape index (κ3) is 3.53. The fourth-order valence-electron chi connectivity index (χ4n) is 2.55. The molecular formula is C16H21ClN2O3. The number of halogens is 1. The quantitative estimate of drug-likeness (QED) is 0.857. The van der Waals surface area contributed by atoms with E-state index in [-0.39, 0.29) is 11.8 Å². The Labute approximate surface area is 135 Å². The van der Waals surface area contributed by atoms with E-state index < -0.39 is 0 Å². The van der Waals surface area contributed by atoms with Crippen LogP contribution < -0.4 is 4.74 Å². The first-order chi connectivity index (χ1) is 10.4. The molecule has 0 aliphatic carbocycles. The first kappa shape index (κ1) is 16.6. The molecule has 2 amide bonds. The van der Waals surface area contributed by atoms with E-state index >= 15 is 0 Å². The fraction of sp³-hybridized carbons (Fsp3) is 0.500. The van der Waals surface area contributed by atoms with Gasteiger partial charge in [0.2, 0.25) is 5.91 Å². The van der Waals surface area contributed by atoms with Crippen molar-refractivity contribution in [2.24, 2.45) is 0 Å². The summed E-state index contributed by atoms with van der Waals surface area (Å²) in [6, 6.07) is 3.46. The highest BCUT2D eigenvalue weighted by atomic mass is 35.5. The second-order valence-corrected chi connectivity index (χ2v) is 5.74. The van der Waals surface area contributed by atoms with Gasteiger partial charge in [0.05, 0.1) is 11.6 Å². The minimum Gasteiger partial charge on any atom is -0.492 e. The topological polar surface area (TPSA) is 49.9 Å². The zero-order valence-electron chi connectivity index (χ0n) is 13.2. The third-order valence-electron chi connectivity index (χ3n) is 3.82. The van der Waals surface area contributed by atoms with Crippen molar-refractivity contribution in [1.82, 2.24) is 9.80 Å². The predicted octanol–water partition coefficient (Wildman–Crippen LogP) is 2.35. The molecule has 1 fully saturated rings. The number of nitrogens with zero attached hydrogens (tertiary/aromatic N) is 2. The molecule has 5 nitrogen and oxygen atoms in total. The Balaban J connectivity index is 2.13. The minimum atomic E-state index is -0.0503. The van der Waals surface area contributed by atoms with E-state index in [1.807, 2.05) is 13.8 Å². The summed E-state index contributed by atoms with van der Waals surface area (Å²) >= 11 is 6.18. The molecule has 0 atom stereocenters. The summed E-state index contributed by atoms with van der Waals surface area (Å²) in [6.45, 7) is 8.07. The molecule has 22 heavy (non-hydrogen) atoms. The van der Waals surface area contributed by atoms with Crippen LogP contribution in [0.25, 0.3) is 0 Å². The van der Waals surface area contributed by atoms with E-state index in [1.54, 1.807) is 28.9 Å². The van der Waals surface area contributed by atoms with Gasteiger partial charge in [-0.2, -0.15) is 0 Å². The first-order valence-corrected chi connectivity index (χ1v) is 7.79. The van der Waals surface area contributed by atoms with Gasteiger partial charge < -0.3 is 14.5 Å². The van der Waals surface area contributed by atoms with Crippen LogP contribution in [0.2, 0.25) is 5.02 Å². The van der Waals surface area contributed by atoms with Crippen LogP contribution in [0.15, 0.2) is 12.1 Å². The highest BCUT2D eigenvalue weighted by molar-refractivity contribution is 6.32. The van der Waals surface area contributed by atoms with Crippen molar-refractivity contribution in [2.75, 3.05) is 32.8 Å². The summed E-state index contributed by atoms with van der Waals surface area (Å²) in [6.07, 6.45) is 0. The van der Waals surface area contributed by atoms with Gasteiger partial charge >= 0.3 is 0 Å². The van der Waals surface area contributed by atoms with Crippen molar-refractivity contribution >= 4 is 23.4 Å². The second kappa shape index (κ2) is 7.01. The molecule has 1 aromatic carbocycles. The SMILES string of the molecule is CCOc1cc(C)c(C(=O)N2CCN(C(C)=O)CC2)cc1Cl. The maximum Gasteiger partial charge on any atom is 0.254 e. The lowest BCUT2D eigenvalue weighted by atomic mass is 10.1. The normalized spacial score (nSPS) is 14.9. The van der Waals surface area contributed by atoms with E-state index in [0.29, 0.717) is 49.1 Å². The Bertz CT molecular complexity index is 581. The van der Waals surface area contributed by atoms with Gasteiger partial charge in [0.1, 0.15) is 5.75 Å². The summed E-state index contributed by atoms with van der Waals surface area (Å²) < 4.78 is 5.44. The van der Waals surface area contributed by atoms with Gasteiger partial charge in [-0.05, 0) is 31.5 Å². The van der Waals surface area contributed by atoms with E-state index in [0.717, 1.165) is 5.56 Å². The van der Waals surface area contributed by atoms with Crippen LogP contribution in [0.4, 0.5) is 0 Å². The van der Waals surface area contributed by atoms with Gasteiger partial charge in [-0.1, -0.05) is 11.6 Å². The van der Waals surface area contributed by atoms with Crippen LogP contribution in [0.5, 0.6) is 5.75 Å². The molecule has 1 heterocycles. The summed E-state index contributed by atoms with van der Waals surface area (Å²) in [7, 11) is 0. The fourth-order valence-corrected chi connectivity index (χ4v) is 2.76. The molecule has 0 aromatic heterocycles. The standard InChI is InChI=1S/C16H21ClN2O3/c1-4-22-15-9-11(2)13(10-14(15)17)16(21)19-7-5-18(6-8-19)12(3)20/h9-10H,4-8H2,1-3H3. The average molecular weight is 325 g/mol. The van der Waals surface area contributed by atoms with Gasteiger partial charge in [0.15, 0.2) is 0 Å². The van der Waals surface area contributed by atoms with Gasteiger partial charge in [-0.3, -0.25) is 9.59 Å². The molecule has 0 unspecified atom stereocenters. The number of carbonyl (C=O) groups is 2. The Kier molecular flexibility index (Phi) is 5.29. The van der Waals surface area contributed by atoms with E-state index in [4.69, 9.17) is 16.3 Å². The van der Waals surface area contributed by atoms with Crippen LogP contribution in [0, 0.1) is 6.92 Å². The average Bonchev–Trinajstić information content (AvgIpc) is 2.50. The summed E-state index contributed by atoms with van der Waals surface area (Å²) in [5.74, 6) is 0.595. The number of ether oxygens (including phenoxy) is 1. The number of benzene rings is 1. The number of carbonyl (C=O) groups excluding carboxylic acids is 2. The maximum atomic E-state index is 12.6. The molecular weight excluding hydrogens is 304 g/mol. The van der Waals surface area contributed by atoms with E-state index in [2.05, 4.69) is 0 Å². The molecule has 0 N–H and O–H groups in total. The largest absolute Gasteiger partial charge is 0.492 e. The Morgan fingerprint density at radius 2 is 1.77 bits per heavy atom. The highest BCUT2D eigenvalue weighted by Gasteiger charge is 2.24. The van der Waals surface area contributed by atoms with Crippen LogP contribution in [-0.2, 0) is 4.79 Å². The molecule has 1 aromatic rings. The zero-order valence-corrected chi connectivity index (χ0v) is 13.9.